The number of nitrogens with two attached hydrogens (primary N) is 1. The van der Waals surface area contributed by atoms with Gasteiger partial charge in [-0.15, -0.1) is 0 Å². The monoisotopic (exact) mass is 69.0 g/mol. The van der Waals surface area contributed by atoms with Crippen molar-refractivity contribution in [1.82, 2.24) is 0 Å². The minimum atomic E-state index is -0.468. The van der Waals surface area contributed by atoms with Crippen molar-refractivity contribution in [2.75, 3.05) is 6.54 Å². The van der Waals surface area contributed by atoms with E-state index in [1.165, 1.54) is 0 Å². The van der Waals surface area contributed by atoms with Crippen molar-refractivity contribution in [1.29, 1.82) is 0 Å². The summed E-state index contributed by atoms with van der Waals surface area (Å²) >= 11 is 0. The molecule has 2 radical (unpaired) electrons. The third kappa shape index (κ3) is 3.69. The van der Waals surface area contributed by atoms with Crippen LogP contribution < -0.4 is 5.73 Å². The highest BCUT2D eigenvalue weighted by Gasteiger charge is 1.76. The molecule has 0 aromatic heterocycles. The van der Waals surface area contributed by atoms with Gasteiger partial charge in [0.15, 0.2) is 7.85 Å². The van der Waals surface area contributed by atoms with Crippen LogP contribution in [0.2, 0.25) is 0 Å². The van der Waals surface area contributed by atoms with Crippen LogP contribution in [0.1, 0.15) is 0 Å². The van der Waals surface area contributed by atoms with Crippen molar-refractivity contribution in [3.8, 4) is 0 Å². The van der Waals surface area contributed by atoms with Crippen molar-refractivity contribution in [2.45, 2.75) is 0 Å². The van der Waals surface area contributed by atoms with E-state index in [1.807, 2.05) is 0 Å². The first-order valence-corrected chi connectivity index (χ1v) is 1.25. The molecular weight excluding hydrogens is 64.8 g/mol. The van der Waals surface area contributed by atoms with Gasteiger partial charge in [0.1, 0.15) is 0 Å². The van der Waals surface area contributed by atoms with E-state index in [2.05, 4.69) is 7.85 Å². The fraction of sp³-hybridized carbons (Fsp3) is 0.500. The Kier molecular flexibility index (Phi) is 1.85. The van der Waals surface area contributed by atoms with Gasteiger partial charge in [0, 0.05) is 6.54 Å². The van der Waals surface area contributed by atoms with E-state index in [-0.39, 0.29) is 6.54 Å². The van der Waals surface area contributed by atoms with Crippen LogP contribution in [0.25, 0.3) is 0 Å². The van der Waals surface area contributed by atoms with Crippen LogP contribution in [0, 0.1) is 0 Å². The van der Waals surface area contributed by atoms with Crippen molar-refractivity contribution in [3.05, 3.63) is 0 Å². The Labute approximate surface area is 31.8 Å². The number of hydrogen-bond acceptors (Lipinski definition) is 2. The molecule has 0 bridgehead atoms. The Balaban J connectivity index is 2.85. The van der Waals surface area contributed by atoms with Gasteiger partial charge in [-0.25, -0.2) is 0 Å². The minimum Gasteiger partial charge on any atom is -0.325 e. The summed E-state index contributed by atoms with van der Waals surface area (Å²) in [6.45, 7) is -0.0556. The van der Waals surface area contributed by atoms with E-state index in [9.17, 15) is 4.79 Å². The lowest BCUT2D eigenvalue weighted by Gasteiger charge is -1.73. The zero-order valence-corrected chi connectivity index (χ0v) is 2.77. The predicted molar refractivity (Wildman–Crippen MR) is 19.8 cm³/mol. The second kappa shape index (κ2) is 1.97. The molecule has 3 heteroatoms. The molecule has 0 heterocycles. The third-order valence-electron chi connectivity index (χ3n) is 0.201. The minimum absolute atomic E-state index is 0.0556. The molecular formula is C2H4BNO. The van der Waals surface area contributed by atoms with Gasteiger partial charge in [-0.05, 0) is 0 Å². The number of carbonyl (C=O) groups excluding carboxylic acids is 1. The van der Waals surface area contributed by atoms with Crippen LogP contribution >= 0.6 is 0 Å². The molecule has 2 N–H and O–H groups in total. The zero-order chi connectivity index (χ0) is 4.28. The Bertz CT molecular complexity index is 44.9. The summed E-state index contributed by atoms with van der Waals surface area (Å²) < 4.78 is 0. The lowest BCUT2D eigenvalue weighted by Crippen LogP contribution is -2.11. The van der Waals surface area contributed by atoms with E-state index >= 15 is 0 Å². The van der Waals surface area contributed by atoms with Gasteiger partial charge in [-0.3, -0.25) is 0 Å². The fourth-order valence-electron chi connectivity index (χ4n) is 0. The SMILES string of the molecule is [B]C(=O)CN. The van der Waals surface area contributed by atoms with E-state index in [1.54, 1.807) is 0 Å². The van der Waals surface area contributed by atoms with Gasteiger partial charge in [0.25, 0.3) is 0 Å². The first kappa shape index (κ1) is 4.69. The van der Waals surface area contributed by atoms with Crippen molar-refractivity contribution in [3.63, 3.8) is 0 Å². The molecule has 0 aliphatic carbocycles. The van der Waals surface area contributed by atoms with Gasteiger partial charge in [0.05, 0.1) is 5.68 Å². The van der Waals surface area contributed by atoms with Crippen LogP contribution in [0.3, 0.4) is 0 Å². The highest BCUT2D eigenvalue weighted by atomic mass is 16.1. The highest BCUT2D eigenvalue weighted by Crippen LogP contribution is 1.42. The average molecular weight is 68.9 g/mol. The summed E-state index contributed by atoms with van der Waals surface area (Å²) in [5.74, 6) is 0. The molecule has 0 amide bonds. The Morgan fingerprint density at radius 1 is 2.00 bits per heavy atom. The predicted octanol–water partition coefficient (Wildman–Crippen LogP) is -1.36. The maximum atomic E-state index is 9.47. The summed E-state index contributed by atoms with van der Waals surface area (Å²) in [4.78, 5) is 9.47. The Morgan fingerprint density at radius 2 is 2.20 bits per heavy atom. The Hall–Kier alpha value is -0.305. The summed E-state index contributed by atoms with van der Waals surface area (Å²) in [6, 6.07) is 0. The zero-order valence-electron chi connectivity index (χ0n) is 2.77. The molecule has 0 unspecified atom stereocenters. The molecule has 0 aromatic rings. The molecule has 0 saturated carbocycles. The quantitative estimate of drug-likeness (QED) is 0.386. The van der Waals surface area contributed by atoms with Gasteiger partial charge in [0.2, 0.25) is 0 Å². The van der Waals surface area contributed by atoms with Gasteiger partial charge >= 0.3 is 0 Å². The number of rotatable bonds is 1. The van der Waals surface area contributed by atoms with Crippen LogP contribution in [-0.2, 0) is 4.79 Å². The lowest BCUT2D eigenvalue weighted by atomic mass is 10.0. The normalized spacial score (nSPS) is 7.40. The van der Waals surface area contributed by atoms with Crippen LogP contribution in [0.4, 0.5) is 0 Å². The van der Waals surface area contributed by atoms with Crippen molar-refractivity contribution < 1.29 is 4.79 Å². The van der Waals surface area contributed by atoms with Crippen LogP contribution in [0.5, 0.6) is 0 Å². The largest absolute Gasteiger partial charge is 0.325 e. The number of hydrogen-bond donors (Lipinski definition) is 1. The number of carbonyl (C=O) groups is 1. The van der Waals surface area contributed by atoms with Gasteiger partial charge in [-0.1, -0.05) is 0 Å². The highest BCUT2D eigenvalue weighted by molar-refractivity contribution is 6.58. The van der Waals surface area contributed by atoms with E-state index in [0.29, 0.717) is 0 Å². The molecule has 2 nitrogen and oxygen atoms in total. The first-order valence-electron chi connectivity index (χ1n) is 1.25. The third-order valence-corrected chi connectivity index (χ3v) is 0.201. The summed E-state index contributed by atoms with van der Waals surface area (Å²) in [6.07, 6.45) is 0. The standard InChI is InChI=1S/C2H4BNO/c3-2(5)1-4/h1,4H2. The summed E-state index contributed by atoms with van der Waals surface area (Å²) in [5, 5.41) is 0. The molecule has 0 atom stereocenters. The second-order valence-electron chi connectivity index (χ2n) is 0.670. The molecule has 0 rings (SSSR count). The van der Waals surface area contributed by atoms with Crippen molar-refractivity contribution >= 4 is 13.5 Å². The van der Waals surface area contributed by atoms with Crippen LogP contribution in [0.15, 0.2) is 0 Å². The molecule has 0 aliphatic heterocycles. The molecule has 0 fully saturated rings. The lowest BCUT2D eigenvalue weighted by molar-refractivity contribution is -0.110. The van der Waals surface area contributed by atoms with Crippen molar-refractivity contribution in [2.24, 2.45) is 5.73 Å². The van der Waals surface area contributed by atoms with Gasteiger partial charge in [-0.2, -0.15) is 0 Å². The van der Waals surface area contributed by atoms with E-state index in [4.69, 9.17) is 5.73 Å². The maximum Gasteiger partial charge on any atom is 0.169 e. The molecule has 0 saturated heterocycles. The first-order chi connectivity index (χ1) is 2.27. The average Bonchev–Trinajstić information content (AvgIpc) is 1.38. The second-order valence-corrected chi connectivity index (χ2v) is 0.670. The summed E-state index contributed by atoms with van der Waals surface area (Å²) in [7, 11) is 4.53. The topological polar surface area (TPSA) is 43.1 Å². The van der Waals surface area contributed by atoms with E-state index in [0.717, 1.165) is 0 Å². The maximum absolute atomic E-state index is 9.47. The van der Waals surface area contributed by atoms with E-state index < -0.39 is 5.68 Å². The molecule has 0 spiro atoms. The molecule has 0 aliphatic rings. The molecule has 0 aromatic carbocycles. The smallest absolute Gasteiger partial charge is 0.169 e. The molecule has 5 heavy (non-hydrogen) atoms. The summed E-state index contributed by atoms with van der Waals surface area (Å²) in [5.41, 5.74) is 4.23. The molecule has 26 valence electrons. The fourth-order valence-corrected chi connectivity index (χ4v) is 0. The van der Waals surface area contributed by atoms with Crippen LogP contribution in [-0.4, -0.2) is 20.1 Å². The Morgan fingerprint density at radius 3 is 2.20 bits per heavy atom. The van der Waals surface area contributed by atoms with Gasteiger partial charge < -0.3 is 10.5 Å².